The number of nitro groups is 1. The van der Waals surface area contributed by atoms with Crippen LogP contribution in [0.25, 0.3) is 0 Å². The molecule has 102 valence electrons. The molecule has 1 amide bonds. The van der Waals surface area contributed by atoms with Gasteiger partial charge in [0.15, 0.2) is 0 Å². The number of benzene rings is 2. The van der Waals surface area contributed by atoms with E-state index in [0.29, 0.717) is 5.56 Å². The lowest BCUT2D eigenvalue weighted by Gasteiger charge is -2.06. The number of nitro benzene ring substituents is 1. The summed E-state index contributed by atoms with van der Waals surface area (Å²) in [5, 5.41) is 13.0. The minimum Gasteiger partial charge on any atom is -0.322 e. The van der Waals surface area contributed by atoms with Crippen LogP contribution in [0.1, 0.15) is 15.9 Å². The van der Waals surface area contributed by atoms with Gasteiger partial charge in [-0.25, -0.2) is 0 Å². The summed E-state index contributed by atoms with van der Waals surface area (Å²) in [6, 6.07) is 10.1. The molecule has 5 nitrogen and oxygen atoms in total. The molecule has 2 aromatic carbocycles. The second kappa shape index (κ2) is 5.48. The van der Waals surface area contributed by atoms with E-state index in [2.05, 4.69) is 5.32 Å². The van der Waals surface area contributed by atoms with E-state index in [-0.39, 0.29) is 5.69 Å². The predicted octanol–water partition coefficient (Wildman–Crippen LogP) is 3.29. The average molecular weight is 274 g/mol. The topological polar surface area (TPSA) is 72.2 Å². The number of aryl methyl sites for hydroxylation is 1. The fraction of sp³-hybridized carbons (Fsp3) is 0.0714. The number of rotatable bonds is 3. The number of carbonyl (C=O) groups excluding carboxylic acids is 1. The smallest absolute Gasteiger partial charge is 0.304 e. The van der Waals surface area contributed by atoms with Crippen LogP contribution in [0.15, 0.2) is 42.5 Å². The molecule has 0 spiro atoms. The van der Waals surface area contributed by atoms with Crippen molar-refractivity contribution in [2.75, 3.05) is 5.32 Å². The van der Waals surface area contributed by atoms with E-state index in [1.807, 2.05) is 13.0 Å². The van der Waals surface area contributed by atoms with Crippen molar-refractivity contribution in [2.45, 2.75) is 6.92 Å². The molecule has 0 aromatic heterocycles. The van der Waals surface area contributed by atoms with Crippen molar-refractivity contribution >= 4 is 17.3 Å². The van der Waals surface area contributed by atoms with Gasteiger partial charge >= 0.3 is 5.69 Å². The number of halogens is 1. The summed E-state index contributed by atoms with van der Waals surface area (Å²) in [6.07, 6.45) is 0. The predicted molar refractivity (Wildman–Crippen MR) is 72.2 cm³/mol. The fourth-order valence-corrected chi connectivity index (χ4v) is 1.72. The maximum atomic E-state index is 13.4. The Balaban J connectivity index is 2.20. The number of nitrogens with zero attached hydrogens (tertiary/aromatic N) is 1. The largest absolute Gasteiger partial charge is 0.322 e. The highest BCUT2D eigenvalue weighted by atomic mass is 19.1. The first kappa shape index (κ1) is 13.7. The summed E-state index contributed by atoms with van der Waals surface area (Å²) in [6.45, 7) is 1.85. The SMILES string of the molecule is Cc1cccc(C(=O)Nc2ccc([N+](=O)[O-])c(F)c2)c1. The summed E-state index contributed by atoms with van der Waals surface area (Å²) >= 11 is 0. The van der Waals surface area contributed by atoms with Crippen molar-refractivity contribution < 1.29 is 14.1 Å². The van der Waals surface area contributed by atoms with Crippen LogP contribution >= 0.6 is 0 Å². The van der Waals surface area contributed by atoms with Gasteiger partial charge in [-0.3, -0.25) is 14.9 Å². The lowest BCUT2D eigenvalue weighted by Crippen LogP contribution is -2.12. The minimum absolute atomic E-state index is 0.166. The van der Waals surface area contributed by atoms with Crippen LogP contribution in [-0.4, -0.2) is 10.8 Å². The highest BCUT2D eigenvalue weighted by Crippen LogP contribution is 2.21. The molecule has 0 unspecified atom stereocenters. The molecule has 1 N–H and O–H groups in total. The van der Waals surface area contributed by atoms with Gasteiger partial charge in [0, 0.05) is 23.4 Å². The monoisotopic (exact) mass is 274 g/mol. The number of amides is 1. The molecule has 0 aliphatic rings. The number of hydrogen-bond donors (Lipinski definition) is 1. The summed E-state index contributed by atoms with van der Waals surface area (Å²) in [4.78, 5) is 21.6. The normalized spacial score (nSPS) is 10.1. The van der Waals surface area contributed by atoms with E-state index in [1.165, 1.54) is 6.07 Å². The van der Waals surface area contributed by atoms with Gasteiger partial charge in [-0.15, -0.1) is 0 Å². The number of anilines is 1. The summed E-state index contributed by atoms with van der Waals surface area (Å²) < 4.78 is 13.4. The Morgan fingerprint density at radius 3 is 2.60 bits per heavy atom. The molecular formula is C14H11FN2O3. The van der Waals surface area contributed by atoms with Gasteiger partial charge in [-0.2, -0.15) is 4.39 Å². The van der Waals surface area contributed by atoms with Crippen molar-refractivity contribution in [3.05, 3.63) is 69.5 Å². The van der Waals surface area contributed by atoms with Gasteiger partial charge in [-0.05, 0) is 25.1 Å². The molecule has 0 heterocycles. The lowest BCUT2D eigenvalue weighted by atomic mass is 10.1. The molecule has 0 aliphatic heterocycles. The highest BCUT2D eigenvalue weighted by molar-refractivity contribution is 6.04. The molecule has 2 aromatic rings. The van der Waals surface area contributed by atoms with Crippen molar-refractivity contribution in [3.8, 4) is 0 Å². The van der Waals surface area contributed by atoms with Crippen LogP contribution in [0, 0.1) is 22.9 Å². The fourth-order valence-electron chi connectivity index (χ4n) is 1.72. The van der Waals surface area contributed by atoms with Crippen LogP contribution in [-0.2, 0) is 0 Å². The summed E-state index contributed by atoms with van der Waals surface area (Å²) in [7, 11) is 0. The second-order valence-corrected chi connectivity index (χ2v) is 4.25. The molecule has 0 radical (unpaired) electrons. The first-order valence-corrected chi connectivity index (χ1v) is 5.79. The Labute approximate surface area is 114 Å². The third kappa shape index (κ3) is 2.97. The Bertz CT molecular complexity index is 686. The van der Waals surface area contributed by atoms with Gasteiger partial charge in [0.1, 0.15) is 0 Å². The zero-order valence-corrected chi connectivity index (χ0v) is 10.6. The third-order valence-corrected chi connectivity index (χ3v) is 2.68. The Morgan fingerprint density at radius 1 is 1.25 bits per heavy atom. The molecule has 0 atom stereocenters. The first-order chi connectivity index (χ1) is 9.47. The van der Waals surface area contributed by atoms with Gasteiger partial charge < -0.3 is 5.32 Å². The van der Waals surface area contributed by atoms with Crippen molar-refractivity contribution in [1.29, 1.82) is 0 Å². The Hall–Kier alpha value is -2.76. The van der Waals surface area contributed by atoms with Crippen LogP contribution in [0.3, 0.4) is 0 Å². The van der Waals surface area contributed by atoms with Gasteiger partial charge in [0.2, 0.25) is 5.82 Å². The molecule has 0 aliphatic carbocycles. The molecule has 2 rings (SSSR count). The van der Waals surface area contributed by atoms with Crippen molar-refractivity contribution in [2.24, 2.45) is 0 Å². The molecule has 0 fully saturated rings. The second-order valence-electron chi connectivity index (χ2n) is 4.25. The quantitative estimate of drug-likeness (QED) is 0.689. The maximum Gasteiger partial charge on any atom is 0.304 e. The van der Waals surface area contributed by atoms with E-state index >= 15 is 0 Å². The summed E-state index contributed by atoms with van der Waals surface area (Å²) in [5.74, 6) is -1.39. The van der Waals surface area contributed by atoms with E-state index in [9.17, 15) is 19.3 Å². The molecule has 0 bridgehead atoms. The van der Waals surface area contributed by atoms with E-state index in [4.69, 9.17) is 0 Å². The summed E-state index contributed by atoms with van der Waals surface area (Å²) in [5.41, 5.74) is 0.898. The molecular weight excluding hydrogens is 263 g/mol. The Morgan fingerprint density at radius 2 is 2.00 bits per heavy atom. The van der Waals surface area contributed by atoms with Crippen LogP contribution in [0.4, 0.5) is 15.8 Å². The van der Waals surface area contributed by atoms with E-state index in [0.717, 1.165) is 17.7 Å². The average Bonchev–Trinajstić information content (AvgIpc) is 2.38. The van der Waals surface area contributed by atoms with Crippen LogP contribution < -0.4 is 5.32 Å². The number of carbonyl (C=O) groups is 1. The van der Waals surface area contributed by atoms with Crippen LogP contribution in [0.2, 0.25) is 0 Å². The van der Waals surface area contributed by atoms with E-state index < -0.39 is 22.3 Å². The third-order valence-electron chi connectivity index (χ3n) is 2.68. The molecule has 0 saturated heterocycles. The standard InChI is InChI=1S/C14H11FN2O3/c1-9-3-2-4-10(7-9)14(18)16-11-5-6-13(17(19)20)12(15)8-11/h2-8H,1H3,(H,16,18). The zero-order chi connectivity index (χ0) is 14.7. The number of hydrogen-bond acceptors (Lipinski definition) is 3. The van der Waals surface area contributed by atoms with Gasteiger partial charge in [0.25, 0.3) is 5.91 Å². The molecule has 0 saturated carbocycles. The van der Waals surface area contributed by atoms with Gasteiger partial charge in [0.05, 0.1) is 4.92 Å². The lowest BCUT2D eigenvalue weighted by molar-refractivity contribution is -0.387. The minimum atomic E-state index is -0.989. The molecule has 20 heavy (non-hydrogen) atoms. The Kier molecular flexibility index (Phi) is 3.74. The highest BCUT2D eigenvalue weighted by Gasteiger charge is 2.15. The van der Waals surface area contributed by atoms with Crippen molar-refractivity contribution in [3.63, 3.8) is 0 Å². The molecule has 6 heteroatoms. The zero-order valence-electron chi connectivity index (χ0n) is 10.6. The van der Waals surface area contributed by atoms with Crippen molar-refractivity contribution in [1.82, 2.24) is 0 Å². The first-order valence-electron chi connectivity index (χ1n) is 5.79. The maximum absolute atomic E-state index is 13.4. The van der Waals surface area contributed by atoms with Gasteiger partial charge in [-0.1, -0.05) is 17.7 Å². The van der Waals surface area contributed by atoms with Crippen LogP contribution in [0.5, 0.6) is 0 Å². The van der Waals surface area contributed by atoms with E-state index in [1.54, 1.807) is 18.2 Å². The number of nitrogens with one attached hydrogen (secondary N) is 1.